The monoisotopic (exact) mass is 408 g/mol. The molecule has 1 aromatic carbocycles. The summed E-state index contributed by atoms with van der Waals surface area (Å²) >= 11 is 0. The number of aromatic nitrogens is 3. The fraction of sp³-hybridized carbons (Fsp3) is 0.391. The largest absolute Gasteiger partial charge is 0.487 e. The third-order valence-corrected chi connectivity index (χ3v) is 4.46. The Balaban J connectivity index is 1.35. The highest BCUT2D eigenvalue weighted by Crippen LogP contribution is 2.19. The molecular weight excluding hydrogens is 380 g/mol. The third kappa shape index (κ3) is 6.69. The zero-order chi connectivity index (χ0) is 21.4. The second-order valence-electron chi connectivity index (χ2n) is 8.15. The summed E-state index contributed by atoms with van der Waals surface area (Å²) in [6.07, 6.45) is 3.42. The summed E-state index contributed by atoms with van der Waals surface area (Å²) < 4.78 is 11.0. The molecule has 0 fully saturated rings. The van der Waals surface area contributed by atoms with Crippen molar-refractivity contribution >= 4 is 5.91 Å². The summed E-state index contributed by atoms with van der Waals surface area (Å²) in [4.78, 5) is 20.7. The van der Waals surface area contributed by atoms with E-state index in [1.165, 1.54) is 0 Å². The van der Waals surface area contributed by atoms with E-state index in [9.17, 15) is 4.79 Å². The zero-order valence-electron chi connectivity index (χ0n) is 17.7. The molecule has 3 aromatic rings. The molecule has 7 heteroatoms. The Morgan fingerprint density at radius 3 is 2.60 bits per heavy atom. The molecule has 158 valence electrons. The van der Waals surface area contributed by atoms with Gasteiger partial charge in [0, 0.05) is 31.0 Å². The van der Waals surface area contributed by atoms with Crippen molar-refractivity contribution in [3.63, 3.8) is 0 Å². The number of pyridine rings is 1. The number of hydrogen-bond donors (Lipinski definition) is 1. The number of nitrogens with one attached hydrogen (secondary N) is 1. The molecule has 0 saturated heterocycles. The SMILES string of the molecule is CC(C)(C)c1noc(CCCC(=O)NCc2ccc(OCc3ccccn3)cc2)n1. The molecule has 0 aliphatic carbocycles. The number of benzene rings is 1. The number of amides is 1. The van der Waals surface area contributed by atoms with Crippen LogP contribution in [0.25, 0.3) is 0 Å². The summed E-state index contributed by atoms with van der Waals surface area (Å²) in [6, 6.07) is 13.4. The Hall–Kier alpha value is -3.22. The third-order valence-electron chi connectivity index (χ3n) is 4.46. The van der Waals surface area contributed by atoms with Crippen molar-refractivity contribution in [1.29, 1.82) is 0 Å². The fourth-order valence-corrected chi connectivity index (χ4v) is 2.69. The van der Waals surface area contributed by atoms with E-state index in [1.807, 2.05) is 63.2 Å². The molecule has 0 radical (unpaired) electrons. The Bertz CT molecular complexity index is 931. The van der Waals surface area contributed by atoms with E-state index in [2.05, 4.69) is 20.4 Å². The number of rotatable bonds is 9. The first kappa shape index (κ1) is 21.5. The van der Waals surface area contributed by atoms with E-state index in [-0.39, 0.29) is 11.3 Å². The maximum Gasteiger partial charge on any atom is 0.226 e. The number of carbonyl (C=O) groups is 1. The van der Waals surface area contributed by atoms with Crippen molar-refractivity contribution in [2.24, 2.45) is 0 Å². The molecule has 0 unspecified atom stereocenters. The molecule has 0 atom stereocenters. The second kappa shape index (κ2) is 10.0. The van der Waals surface area contributed by atoms with Gasteiger partial charge in [-0.25, -0.2) is 0 Å². The smallest absolute Gasteiger partial charge is 0.226 e. The number of carbonyl (C=O) groups excluding carboxylic acids is 1. The molecule has 0 aliphatic rings. The van der Waals surface area contributed by atoms with Gasteiger partial charge >= 0.3 is 0 Å². The lowest BCUT2D eigenvalue weighted by atomic mass is 9.96. The normalized spacial score (nSPS) is 11.3. The second-order valence-corrected chi connectivity index (χ2v) is 8.15. The van der Waals surface area contributed by atoms with Crippen molar-refractivity contribution in [1.82, 2.24) is 20.4 Å². The minimum Gasteiger partial charge on any atom is -0.487 e. The van der Waals surface area contributed by atoms with Crippen molar-refractivity contribution < 1.29 is 14.1 Å². The molecule has 1 amide bonds. The van der Waals surface area contributed by atoms with Crippen LogP contribution in [-0.4, -0.2) is 21.0 Å². The quantitative estimate of drug-likeness (QED) is 0.576. The van der Waals surface area contributed by atoms with Gasteiger partial charge in [-0.2, -0.15) is 4.98 Å². The first-order valence-corrected chi connectivity index (χ1v) is 10.1. The Morgan fingerprint density at radius 2 is 1.93 bits per heavy atom. The van der Waals surface area contributed by atoms with Gasteiger partial charge in [-0.1, -0.05) is 44.1 Å². The maximum absolute atomic E-state index is 12.1. The summed E-state index contributed by atoms with van der Waals surface area (Å²) in [5.74, 6) is 2.04. The zero-order valence-corrected chi connectivity index (χ0v) is 17.7. The number of nitrogens with zero attached hydrogens (tertiary/aromatic N) is 3. The van der Waals surface area contributed by atoms with Gasteiger partial charge in [0.1, 0.15) is 12.4 Å². The van der Waals surface area contributed by atoms with Gasteiger partial charge in [0.05, 0.1) is 5.69 Å². The summed E-state index contributed by atoms with van der Waals surface area (Å²) in [7, 11) is 0. The van der Waals surface area contributed by atoms with Crippen LogP contribution in [0.1, 0.15) is 56.6 Å². The van der Waals surface area contributed by atoms with Crippen LogP contribution in [0.4, 0.5) is 0 Å². The fourth-order valence-electron chi connectivity index (χ4n) is 2.69. The topological polar surface area (TPSA) is 90.1 Å². The molecule has 1 N–H and O–H groups in total. The molecule has 0 saturated carbocycles. The summed E-state index contributed by atoms with van der Waals surface area (Å²) in [5, 5.41) is 6.93. The highest BCUT2D eigenvalue weighted by molar-refractivity contribution is 5.75. The van der Waals surface area contributed by atoms with Gasteiger partial charge in [0.2, 0.25) is 11.8 Å². The number of ether oxygens (including phenoxy) is 1. The molecule has 2 aromatic heterocycles. The van der Waals surface area contributed by atoms with Crippen LogP contribution in [0.2, 0.25) is 0 Å². The predicted molar refractivity (Wildman–Crippen MR) is 113 cm³/mol. The molecule has 30 heavy (non-hydrogen) atoms. The van der Waals surface area contributed by atoms with Gasteiger partial charge in [-0.3, -0.25) is 9.78 Å². The molecule has 0 spiro atoms. The average Bonchev–Trinajstić information content (AvgIpc) is 3.22. The van der Waals surface area contributed by atoms with Crippen molar-refractivity contribution in [2.75, 3.05) is 0 Å². The number of aryl methyl sites for hydroxylation is 1. The van der Waals surface area contributed by atoms with Gasteiger partial charge in [-0.15, -0.1) is 0 Å². The highest BCUT2D eigenvalue weighted by Gasteiger charge is 2.20. The van der Waals surface area contributed by atoms with Crippen LogP contribution >= 0.6 is 0 Å². The van der Waals surface area contributed by atoms with Crippen molar-refractivity contribution in [3.8, 4) is 5.75 Å². The van der Waals surface area contributed by atoms with Crippen LogP contribution < -0.4 is 10.1 Å². The predicted octanol–water partition coefficient (Wildman–Crippen LogP) is 3.98. The number of hydrogen-bond acceptors (Lipinski definition) is 6. The van der Waals surface area contributed by atoms with Gasteiger partial charge in [0.15, 0.2) is 5.82 Å². The summed E-state index contributed by atoms with van der Waals surface area (Å²) in [6.45, 7) is 7.01. The standard InChI is InChI=1S/C23H28N4O3/c1-23(2,3)22-26-21(30-27-22)9-6-8-20(28)25-15-17-10-12-19(13-11-17)29-16-18-7-4-5-14-24-18/h4-5,7,10-14H,6,8-9,15-16H2,1-3H3,(H,25,28). The minimum absolute atomic E-state index is 0.000962. The van der Waals surface area contributed by atoms with Crippen LogP contribution in [0.3, 0.4) is 0 Å². The first-order chi connectivity index (χ1) is 14.4. The lowest BCUT2D eigenvalue weighted by molar-refractivity contribution is -0.121. The summed E-state index contributed by atoms with van der Waals surface area (Å²) in [5.41, 5.74) is 1.75. The Labute approximate surface area is 176 Å². The lowest BCUT2D eigenvalue weighted by Crippen LogP contribution is -2.22. The van der Waals surface area contributed by atoms with Gasteiger partial charge in [0.25, 0.3) is 0 Å². The first-order valence-electron chi connectivity index (χ1n) is 10.1. The molecular formula is C23H28N4O3. The molecule has 2 heterocycles. The highest BCUT2D eigenvalue weighted by atomic mass is 16.5. The van der Waals surface area contributed by atoms with E-state index in [0.29, 0.717) is 44.1 Å². The lowest BCUT2D eigenvalue weighted by Gasteiger charge is -2.10. The van der Waals surface area contributed by atoms with Crippen LogP contribution in [0, 0.1) is 0 Å². The average molecular weight is 409 g/mol. The van der Waals surface area contributed by atoms with Gasteiger partial charge < -0.3 is 14.6 Å². The van der Waals surface area contributed by atoms with Crippen LogP contribution in [-0.2, 0) is 29.8 Å². The minimum atomic E-state index is -0.141. The van der Waals surface area contributed by atoms with E-state index >= 15 is 0 Å². The molecule has 7 nitrogen and oxygen atoms in total. The van der Waals surface area contributed by atoms with Gasteiger partial charge in [-0.05, 0) is 36.2 Å². The van der Waals surface area contributed by atoms with Crippen molar-refractivity contribution in [3.05, 3.63) is 71.6 Å². The van der Waals surface area contributed by atoms with Crippen LogP contribution in [0.5, 0.6) is 5.75 Å². The van der Waals surface area contributed by atoms with Crippen molar-refractivity contribution in [2.45, 2.75) is 58.6 Å². The van der Waals surface area contributed by atoms with E-state index in [0.717, 1.165) is 17.0 Å². The van der Waals surface area contributed by atoms with E-state index in [1.54, 1.807) is 6.20 Å². The van der Waals surface area contributed by atoms with Crippen LogP contribution in [0.15, 0.2) is 53.2 Å². The molecule has 0 bridgehead atoms. The Kier molecular flexibility index (Phi) is 7.17. The molecule has 3 rings (SSSR count). The maximum atomic E-state index is 12.1. The Morgan fingerprint density at radius 1 is 1.13 bits per heavy atom. The van der Waals surface area contributed by atoms with E-state index in [4.69, 9.17) is 9.26 Å². The van der Waals surface area contributed by atoms with E-state index < -0.39 is 0 Å². The molecule has 0 aliphatic heterocycles.